The van der Waals surface area contributed by atoms with Crippen LogP contribution in [0.4, 0.5) is 0 Å². The molecule has 1 rings (SSSR count). The highest BCUT2D eigenvalue weighted by Gasteiger charge is 2.24. The third-order valence-corrected chi connectivity index (χ3v) is 4.65. The van der Waals surface area contributed by atoms with E-state index in [4.69, 9.17) is 0 Å². The molecule has 0 bridgehead atoms. The van der Waals surface area contributed by atoms with E-state index in [-0.39, 0.29) is 0 Å². The van der Waals surface area contributed by atoms with Crippen molar-refractivity contribution in [1.82, 2.24) is 10.2 Å². The third-order valence-electron chi connectivity index (χ3n) is 4.65. The molecule has 1 fully saturated rings. The highest BCUT2D eigenvalue weighted by molar-refractivity contribution is 4.81. The Morgan fingerprint density at radius 1 is 1.22 bits per heavy atom. The maximum Gasteiger partial charge on any atom is 0.0125 e. The van der Waals surface area contributed by atoms with Gasteiger partial charge in [0.15, 0.2) is 0 Å². The van der Waals surface area contributed by atoms with Gasteiger partial charge in [-0.2, -0.15) is 0 Å². The Balaban J connectivity index is 2.34. The van der Waals surface area contributed by atoms with E-state index in [0.717, 1.165) is 5.92 Å². The van der Waals surface area contributed by atoms with Gasteiger partial charge in [-0.1, -0.05) is 34.1 Å². The van der Waals surface area contributed by atoms with Gasteiger partial charge in [0.2, 0.25) is 0 Å². The summed E-state index contributed by atoms with van der Waals surface area (Å²) >= 11 is 0. The van der Waals surface area contributed by atoms with Crippen molar-refractivity contribution in [2.75, 3.05) is 26.7 Å². The molecule has 0 aromatic heterocycles. The van der Waals surface area contributed by atoms with Crippen LogP contribution in [0.3, 0.4) is 0 Å². The van der Waals surface area contributed by atoms with Gasteiger partial charge in [-0.3, -0.25) is 0 Å². The second-order valence-electron chi connectivity index (χ2n) is 7.04. The average Bonchev–Trinajstić information content (AvgIpc) is 2.53. The lowest BCUT2D eigenvalue weighted by atomic mass is 9.85. The van der Waals surface area contributed by atoms with Crippen LogP contribution in [-0.4, -0.2) is 37.6 Å². The fourth-order valence-electron chi connectivity index (χ4n) is 3.18. The summed E-state index contributed by atoms with van der Waals surface area (Å²) in [7, 11) is 2.10. The molecule has 0 aromatic rings. The predicted octanol–water partition coefficient (Wildman–Crippen LogP) is 3.52. The van der Waals surface area contributed by atoms with Crippen LogP contribution in [0.5, 0.6) is 0 Å². The van der Waals surface area contributed by atoms with Crippen LogP contribution in [0.2, 0.25) is 0 Å². The zero-order valence-corrected chi connectivity index (χ0v) is 13.3. The van der Waals surface area contributed by atoms with Crippen LogP contribution in [0.1, 0.15) is 59.8 Å². The quantitative estimate of drug-likeness (QED) is 0.807. The molecule has 0 spiro atoms. The zero-order chi connectivity index (χ0) is 13.6. The van der Waals surface area contributed by atoms with E-state index >= 15 is 0 Å². The molecule has 0 saturated carbocycles. The molecule has 0 aromatic carbocycles. The normalized spacial score (nSPS) is 24.8. The van der Waals surface area contributed by atoms with Crippen molar-refractivity contribution < 1.29 is 0 Å². The van der Waals surface area contributed by atoms with Gasteiger partial charge in [0, 0.05) is 6.04 Å². The van der Waals surface area contributed by atoms with Crippen LogP contribution in [0.25, 0.3) is 0 Å². The maximum absolute atomic E-state index is 3.49. The van der Waals surface area contributed by atoms with Gasteiger partial charge in [0.25, 0.3) is 0 Å². The van der Waals surface area contributed by atoms with E-state index in [1.807, 2.05) is 0 Å². The summed E-state index contributed by atoms with van der Waals surface area (Å²) in [5, 5.41) is 3.49. The lowest BCUT2D eigenvalue weighted by Crippen LogP contribution is -2.41. The lowest BCUT2D eigenvalue weighted by Gasteiger charge is -2.32. The topological polar surface area (TPSA) is 15.3 Å². The molecule has 1 aliphatic heterocycles. The van der Waals surface area contributed by atoms with Crippen molar-refractivity contribution in [1.29, 1.82) is 0 Å². The number of hydrogen-bond donors (Lipinski definition) is 1. The smallest absolute Gasteiger partial charge is 0.0125 e. The van der Waals surface area contributed by atoms with Crippen molar-refractivity contribution >= 4 is 0 Å². The molecule has 2 unspecified atom stereocenters. The molecule has 108 valence electrons. The fraction of sp³-hybridized carbons (Fsp3) is 1.00. The van der Waals surface area contributed by atoms with E-state index in [1.165, 1.54) is 51.7 Å². The highest BCUT2D eigenvalue weighted by Crippen LogP contribution is 2.23. The molecule has 1 aliphatic rings. The number of rotatable bonds is 5. The van der Waals surface area contributed by atoms with Gasteiger partial charge in [0.1, 0.15) is 0 Å². The largest absolute Gasteiger partial charge is 0.316 e. The van der Waals surface area contributed by atoms with Crippen molar-refractivity contribution in [3.63, 3.8) is 0 Å². The molecule has 1 N–H and O–H groups in total. The molecule has 1 heterocycles. The SMILES string of the molecule is CCC1CCCN(CCC(NC)C(C)(C)C)CC1. The molecule has 2 nitrogen and oxygen atoms in total. The van der Waals surface area contributed by atoms with Gasteiger partial charge < -0.3 is 10.2 Å². The summed E-state index contributed by atoms with van der Waals surface area (Å²) in [5.41, 5.74) is 0.368. The second kappa shape index (κ2) is 7.49. The molecule has 0 aliphatic carbocycles. The van der Waals surface area contributed by atoms with Crippen LogP contribution in [-0.2, 0) is 0 Å². The van der Waals surface area contributed by atoms with E-state index in [2.05, 4.69) is 45.0 Å². The Bertz CT molecular complexity index is 220. The van der Waals surface area contributed by atoms with Crippen LogP contribution in [0.15, 0.2) is 0 Å². The average molecular weight is 254 g/mol. The second-order valence-corrected chi connectivity index (χ2v) is 7.04. The Morgan fingerprint density at radius 2 is 1.94 bits per heavy atom. The molecule has 18 heavy (non-hydrogen) atoms. The molecule has 2 atom stereocenters. The van der Waals surface area contributed by atoms with E-state index in [0.29, 0.717) is 11.5 Å². The molecular formula is C16H34N2. The number of nitrogens with one attached hydrogen (secondary N) is 1. The summed E-state index contributed by atoms with van der Waals surface area (Å²) in [6.45, 7) is 13.3. The monoisotopic (exact) mass is 254 g/mol. The summed E-state index contributed by atoms with van der Waals surface area (Å²) in [6, 6.07) is 0.628. The standard InChI is InChI=1S/C16H34N2/c1-6-14-8-7-11-18(12-9-14)13-10-15(17-5)16(2,3)4/h14-15,17H,6-13H2,1-5H3. The Kier molecular flexibility index (Phi) is 6.65. The Hall–Kier alpha value is -0.0800. The summed E-state index contributed by atoms with van der Waals surface area (Å²) in [6.07, 6.45) is 6.90. The first kappa shape index (κ1) is 16.0. The zero-order valence-electron chi connectivity index (χ0n) is 13.3. The minimum atomic E-state index is 0.368. The van der Waals surface area contributed by atoms with Crippen molar-refractivity contribution in [2.45, 2.75) is 65.8 Å². The van der Waals surface area contributed by atoms with Crippen LogP contribution >= 0.6 is 0 Å². The highest BCUT2D eigenvalue weighted by atomic mass is 15.1. The molecule has 0 amide bonds. The first-order valence-corrected chi connectivity index (χ1v) is 7.87. The van der Waals surface area contributed by atoms with Gasteiger partial charge in [0.05, 0.1) is 0 Å². The van der Waals surface area contributed by atoms with Gasteiger partial charge in [-0.15, -0.1) is 0 Å². The van der Waals surface area contributed by atoms with E-state index in [1.54, 1.807) is 0 Å². The Labute approximate surface area is 115 Å². The van der Waals surface area contributed by atoms with E-state index in [9.17, 15) is 0 Å². The molecule has 2 heteroatoms. The van der Waals surface area contributed by atoms with Crippen molar-refractivity contribution in [2.24, 2.45) is 11.3 Å². The maximum atomic E-state index is 3.49. The first-order chi connectivity index (χ1) is 8.47. The summed E-state index contributed by atoms with van der Waals surface area (Å²) < 4.78 is 0. The van der Waals surface area contributed by atoms with Gasteiger partial charge in [-0.05, 0) is 63.7 Å². The first-order valence-electron chi connectivity index (χ1n) is 7.87. The number of hydrogen-bond acceptors (Lipinski definition) is 2. The van der Waals surface area contributed by atoms with Crippen LogP contribution in [0, 0.1) is 11.3 Å². The third kappa shape index (κ3) is 5.27. The Morgan fingerprint density at radius 3 is 2.50 bits per heavy atom. The lowest BCUT2D eigenvalue weighted by molar-refractivity contribution is 0.212. The molecule has 0 radical (unpaired) electrons. The van der Waals surface area contributed by atoms with Crippen LogP contribution < -0.4 is 5.32 Å². The summed E-state index contributed by atoms with van der Waals surface area (Å²) in [5.74, 6) is 0.984. The van der Waals surface area contributed by atoms with Gasteiger partial charge >= 0.3 is 0 Å². The van der Waals surface area contributed by atoms with E-state index < -0.39 is 0 Å². The molecular weight excluding hydrogens is 220 g/mol. The minimum Gasteiger partial charge on any atom is -0.316 e. The number of likely N-dealkylation sites (tertiary alicyclic amines) is 1. The fourth-order valence-corrected chi connectivity index (χ4v) is 3.18. The van der Waals surface area contributed by atoms with Crippen molar-refractivity contribution in [3.8, 4) is 0 Å². The van der Waals surface area contributed by atoms with Gasteiger partial charge in [-0.25, -0.2) is 0 Å². The van der Waals surface area contributed by atoms with Crippen molar-refractivity contribution in [3.05, 3.63) is 0 Å². The molecule has 1 saturated heterocycles. The minimum absolute atomic E-state index is 0.368. The summed E-state index contributed by atoms with van der Waals surface area (Å²) in [4.78, 5) is 2.69. The predicted molar refractivity (Wildman–Crippen MR) is 81.0 cm³/mol. The number of nitrogens with zero attached hydrogens (tertiary/aromatic N) is 1.